The molecule has 88 valence electrons. The average Bonchev–Trinajstić information content (AvgIpc) is 2.29. The van der Waals surface area contributed by atoms with E-state index in [1.807, 2.05) is 0 Å². The molecule has 1 fully saturated rings. The summed E-state index contributed by atoms with van der Waals surface area (Å²) >= 11 is 3.72. The zero-order chi connectivity index (χ0) is 11.6. The molecule has 1 aliphatic rings. The molecule has 1 aromatic rings. The molecule has 1 aromatic carbocycles. The van der Waals surface area contributed by atoms with Crippen molar-refractivity contribution in [1.82, 2.24) is 0 Å². The molecule has 0 aromatic heterocycles. The molecule has 0 saturated carbocycles. The molecular formula is C14H19BrO. The second-order valence-corrected chi connectivity index (χ2v) is 7.10. The number of rotatable bonds is 2. The number of hydrogen-bond acceptors (Lipinski definition) is 1. The summed E-state index contributed by atoms with van der Waals surface area (Å²) in [6.07, 6.45) is 2.57. The maximum Gasteiger partial charge on any atom is 0.0728 e. The highest BCUT2D eigenvalue weighted by molar-refractivity contribution is 9.10. The van der Waals surface area contributed by atoms with E-state index in [1.165, 1.54) is 5.56 Å². The van der Waals surface area contributed by atoms with Crippen LogP contribution in [0.1, 0.15) is 38.2 Å². The van der Waals surface area contributed by atoms with Crippen LogP contribution in [0.3, 0.4) is 0 Å². The van der Waals surface area contributed by atoms with Gasteiger partial charge in [-0.3, -0.25) is 0 Å². The third kappa shape index (κ3) is 2.86. The molecule has 1 saturated heterocycles. The molecule has 2 heteroatoms. The Bertz CT molecular complexity index is 328. The van der Waals surface area contributed by atoms with Gasteiger partial charge in [0, 0.05) is 10.9 Å². The SMILES string of the molecule is CC(C)(Br)[C@H]1C[C@@H](c2ccccc2)CCO1. The summed E-state index contributed by atoms with van der Waals surface area (Å²) < 4.78 is 5.92. The number of alkyl halides is 1. The van der Waals surface area contributed by atoms with Gasteiger partial charge in [0.05, 0.1) is 6.10 Å². The van der Waals surface area contributed by atoms with E-state index in [2.05, 4.69) is 60.1 Å². The molecule has 0 radical (unpaired) electrons. The summed E-state index contributed by atoms with van der Waals surface area (Å²) in [5.74, 6) is 0.650. The monoisotopic (exact) mass is 282 g/mol. The standard InChI is InChI=1S/C14H19BrO/c1-14(2,15)13-10-12(8-9-16-13)11-6-4-3-5-7-11/h3-7,12-13H,8-10H2,1-2H3/t12-,13+/m0/s1. The number of benzene rings is 1. The first-order valence-electron chi connectivity index (χ1n) is 5.93. The van der Waals surface area contributed by atoms with Crippen molar-refractivity contribution < 1.29 is 4.74 Å². The van der Waals surface area contributed by atoms with E-state index >= 15 is 0 Å². The van der Waals surface area contributed by atoms with Gasteiger partial charge in [-0.1, -0.05) is 46.3 Å². The molecule has 2 rings (SSSR count). The molecule has 0 unspecified atom stereocenters. The van der Waals surface area contributed by atoms with Gasteiger partial charge < -0.3 is 4.74 Å². The smallest absolute Gasteiger partial charge is 0.0728 e. The van der Waals surface area contributed by atoms with Crippen molar-refractivity contribution in [1.29, 1.82) is 0 Å². The Morgan fingerprint density at radius 3 is 2.56 bits per heavy atom. The van der Waals surface area contributed by atoms with Gasteiger partial charge in [-0.25, -0.2) is 0 Å². The number of hydrogen-bond donors (Lipinski definition) is 0. The molecule has 2 atom stereocenters. The highest BCUT2D eigenvalue weighted by Gasteiger charge is 2.33. The molecule has 0 N–H and O–H groups in total. The molecule has 1 nitrogen and oxygen atoms in total. The van der Waals surface area contributed by atoms with Crippen LogP contribution >= 0.6 is 15.9 Å². The molecule has 1 aliphatic heterocycles. The molecule has 0 amide bonds. The van der Waals surface area contributed by atoms with Gasteiger partial charge in [0.15, 0.2) is 0 Å². The van der Waals surface area contributed by atoms with E-state index in [-0.39, 0.29) is 4.32 Å². The second-order valence-electron chi connectivity index (χ2n) is 5.06. The summed E-state index contributed by atoms with van der Waals surface area (Å²) in [5, 5.41) is 0. The first-order valence-corrected chi connectivity index (χ1v) is 6.72. The Morgan fingerprint density at radius 1 is 1.25 bits per heavy atom. The fourth-order valence-electron chi connectivity index (χ4n) is 2.30. The molecule has 1 heterocycles. The normalized spacial score (nSPS) is 26.7. The lowest BCUT2D eigenvalue weighted by Crippen LogP contribution is -2.37. The average molecular weight is 283 g/mol. The van der Waals surface area contributed by atoms with Crippen LogP contribution in [-0.2, 0) is 4.74 Å². The first-order chi connectivity index (χ1) is 7.57. The van der Waals surface area contributed by atoms with Gasteiger partial charge in [-0.2, -0.15) is 0 Å². The van der Waals surface area contributed by atoms with Crippen LogP contribution in [0, 0.1) is 0 Å². The zero-order valence-corrected chi connectivity index (χ0v) is 11.5. The first kappa shape index (κ1) is 12.1. The lowest BCUT2D eigenvalue weighted by molar-refractivity contribution is -0.00868. The Balaban J connectivity index is 2.08. The minimum atomic E-state index is 0.0699. The van der Waals surface area contributed by atoms with Gasteiger partial charge in [0.2, 0.25) is 0 Å². The second kappa shape index (κ2) is 4.89. The summed E-state index contributed by atoms with van der Waals surface area (Å²) in [4.78, 5) is 0. The molecule has 16 heavy (non-hydrogen) atoms. The van der Waals surface area contributed by atoms with E-state index in [9.17, 15) is 0 Å². The van der Waals surface area contributed by atoms with Crippen molar-refractivity contribution in [2.75, 3.05) is 6.61 Å². The maximum absolute atomic E-state index is 5.85. The van der Waals surface area contributed by atoms with Gasteiger partial charge in [-0.05, 0) is 38.2 Å². The van der Waals surface area contributed by atoms with Crippen LogP contribution < -0.4 is 0 Å². The zero-order valence-electron chi connectivity index (χ0n) is 9.95. The molecule has 0 bridgehead atoms. The third-order valence-corrected chi connectivity index (χ3v) is 3.83. The lowest BCUT2D eigenvalue weighted by atomic mass is 9.85. The summed E-state index contributed by atoms with van der Waals surface area (Å²) in [7, 11) is 0. The van der Waals surface area contributed by atoms with Gasteiger partial charge in [0.25, 0.3) is 0 Å². The van der Waals surface area contributed by atoms with E-state index in [1.54, 1.807) is 0 Å². The molecular weight excluding hydrogens is 264 g/mol. The minimum Gasteiger partial charge on any atom is -0.377 e. The van der Waals surface area contributed by atoms with E-state index in [0.29, 0.717) is 12.0 Å². The van der Waals surface area contributed by atoms with Gasteiger partial charge >= 0.3 is 0 Å². The fraction of sp³-hybridized carbons (Fsp3) is 0.571. The quantitative estimate of drug-likeness (QED) is 0.742. The van der Waals surface area contributed by atoms with E-state index in [4.69, 9.17) is 4.74 Å². The van der Waals surface area contributed by atoms with Gasteiger partial charge in [-0.15, -0.1) is 0 Å². The largest absolute Gasteiger partial charge is 0.377 e. The lowest BCUT2D eigenvalue weighted by Gasteiger charge is -2.36. The number of halogens is 1. The van der Waals surface area contributed by atoms with Crippen LogP contribution in [0.15, 0.2) is 30.3 Å². The van der Waals surface area contributed by atoms with E-state index in [0.717, 1.165) is 19.4 Å². The summed E-state index contributed by atoms with van der Waals surface area (Å²) in [6.45, 7) is 5.25. The summed E-state index contributed by atoms with van der Waals surface area (Å²) in [5.41, 5.74) is 1.45. The van der Waals surface area contributed by atoms with Crippen LogP contribution in [0.2, 0.25) is 0 Å². The van der Waals surface area contributed by atoms with Gasteiger partial charge in [0.1, 0.15) is 0 Å². The highest BCUT2D eigenvalue weighted by atomic mass is 79.9. The topological polar surface area (TPSA) is 9.23 Å². The highest BCUT2D eigenvalue weighted by Crippen LogP contribution is 2.37. The predicted molar refractivity (Wildman–Crippen MR) is 71.2 cm³/mol. The van der Waals surface area contributed by atoms with Crippen molar-refractivity contribution in [2.24, 2.45) is 0 Å². The van der Waals surface area contributed by atoms with Crippen LogP contribution in [0.4, 0.5) is 0 Å². The van der Waals surface area contributed by atoms with Crippen LogP contribution in [0.5, 0.6) is 0 Å². The molecule has 0 aliphatic carbocycles. The maximum atomic E-state index is 5.85. The van der Waals surface area contributed by atoms with E-state index < -0.39 is 0 Å². The van der Waals surface area contributed by atoms with Crippen molar-refractivity contribution in [3.63, 3.8) is 0 Å². The summed E-state index contributed by atoms with van der Waals surface area (Å²) in [6, 6.07) is 10.8. The molecule has 0 spiro atoms. The van der Waals surface area contributed by atoms with Crippen molar-refractivity contribution in [3.8, 4) is 0 Å². The van der Waals surface area contributed by atoms with Crippen molar-refractivity contribution in [3.05, 3.63) is 35.9 Å². The third-order valence-electron chi connectivity index (χ3n) is 3.32. The Morgan fingerprint density at radius 2 is 1.94 bits per heavy atom. The number of ether oxygens (including phenoxy) is 1. The van der Waals surface area contributed by atoms with Crippen molar-refractivity contribution in [2.45, 2.75) is 43.0 Å². The fourth-order valence-corrected chi connectivity index (χ4v) is 2.62. The predicted octanol–water partition coefficient (Wildman–Crippen LogP) is 4.12. The minimum absolute atomic E-state index is 0.0699. The van der Waals surface area contributed by atoms with Crippen LogP contribution in [-0.4, -0.2) is 17.0 Å². The Kier molecular flexibility index (Phi) is 3.70. The Labute approximate surface area is 106 Å². The van der Waals surface area contributed by atoms with Crippen LogP contribution in [0.25, 0.3) is 0 Å². The Hall–Kier alpha value is -0.340. The van der Waals surface area contributed by atoms with Crippen molar-refractivity contribution >= 4 is 15.9 Å².